The van der Waals surface area contributed by atoms with E-state index in [9.17, 15) is 14.4 Å². The maximum Gasteiger partial charge on any atom is 0.343 e. The first kappa shape index (κ1) is 24.7. The minimum Gasteiger partial charge on any atom is -0.268 e. The second kappa shape index (κ2) is 10.5. The van der Waals surface area contributed by atoms with Gasteiger partial charge in [-0.25, -0.2) is 14.6 Å². The fraction of sp³-hybridized carbons (Fsp3) is 0.0333. The van der Waals surface area contributed by atoms with Crippen LogP contribution in [0.4, 0.5) is 16.2 Å². The zero-order valence-corrected chi connectivity index (χ0v) is 21.8. The molecular weight excluding hydrogens is 552 g/mol. The van der Waals surface area contributed by atoms with Crippen LogP contribution < -0.4 is 9.80 Å². The Bertz CT molecular complexity index is 1470. The number of hydrogen-bond donors (Lipinski definition) is 0. The molecule has 0 unspecified atom stereocenters. The summed E-state index contributed by atoms with van der Waals surface area (Å²) in [6, 6.07) is 29.6. The number of imide groups is 2. The van der Waals surface area contributed by atoms with Gasteiger partial charge in [0.25, 0.3) is 11.8 Å². The van der Waals surface area contributed by atoms with Crippen LogP contribution in [0.1, 0.15) is 16.7 Å². The van der Waals surface area contributed by atoms with Gasteiger partial charge in [-0.15, -0.1) is 0 Å². The summed E-state index contributed by atoms with van der Waals surface area (Å²) in [5.41, 5.74) is 3.14. The largest absolute Gasteiger partial charge is 0.343 e. The summed E-state index contributed by atoms with van der Waals surface area (Å²) in [6.07, 6.45) is 2.07. The highest BCUT2D eigenvalue weighted by molar-refractivity contribution is 9.10. The topological polar surface area (TPSA) is 57.7 Å². The lowest BCUT2D eigenvalue weighted by atomic mass is 9.97. The summed E-state index contributed by atoms with van der Waals surface area (Å²) < 4.78 is 0.949. The fourth-order valence-corrected chi connectivity index (χ4v) is 4.81. The normalized spacial score (nSPS) is 13.8. The first-order valence-corrected chi connectivity index (χ1v) is 12.7. The first-order valence-electron chi connectivity index (χ1n) is 11.5. The predicted octanol–water partition coefficient (Wildman–Crippen LogP) is 7.28. The van der Waals surface area contributed by atoms with Crippen molar-refractivity contribution in [3.05, 3.63) is 135 Å². The molecule has 7 heteroatoms. The second-order valence-corrected chi connectivity index (χ2v) is 9.69. The van der Waals surface area contributed by atoms with Crippen molar-refractivity contribution < 1.29 is 14.4 Å². The molecule has 0 radical (unpaired) electrons. The summed E-state index contributed by atoms with van der Waals surface area (Å²) in [5, 5.41) is 0.467. The van der Waals surface area contributed by atoms with Gasteiger partial charge in [0.15, 0.2) is 0 Å². The van der Waals surface area contributed by atoms with Gasteiger partial charge in [0.05, 0.1) is 11.4 Å². The number of halogens is 2. The van der Waals surface area contributed by atoms with Crippen LogP contribution in [0.2, 0.25) is 5.02 Å². The number of amides is 4. The smallest absolute Gasteiger partial charge is 0.268 e. The highest BCUT2D eigenvalue weighted by Crippen LogP contribution is 2.31. The van der Waals surface area contributed by atoms with Crippen molar-refractivity contribution in [3.8, 4) is 0 Å². The highest BCUT2D eigenvalue weighted by Gasteiger charge is 2.43. The molecule has 1 heterocycles. The Balaban J connectivity index is 1.65. The Morgan fingerprint density at radius 2 is 1.22 bits per heavy atom. The number of carbonyl (C=O) groups excluding carboxylic acids is 3. The molecule has 37 heavy (non-hydrogen) atoms. The van der Waals surface area contributed by atoms with E-state index in [2.05, 4.69) is 15.9 Å². The molecule has 4 aromatic rings. The third-order valence-electron chi connectivity index (χ3n) is 6.02. The predicted molar refractivity (Wildman–Crippen MR) is 150 cm³/mol. The maximum absolute atomic E-state index is 13.7. The molecular formula is C30H20BrClN2O3. The third kappa shape index (κ3) is 4.99. The number of carbonyl (C=O) groups is 3. The summed E-state index contributed by atoms with van der Waals surface area (Å²) in [5.74, 6) is -1.39. The molecule has 1 fully saturated rings. The van der Waals surface area contributed by atoms with Crippen LogP contribution in [-0.4, -0.2) is 17.8 Å². The lowest BCUT2D eigenvalue weighted by molar-refractivity contribution is -0.121. The zero-order valence-electron chi connectivity index (χ0n) is 19.5. The highest BCUT2D eigenvalue weighted by atomic mass is 79.9. The van der Waals surface area contributed by atoms with E-state index in [-0.39, 0.29) is 5.57 Å². The molecule has 0 saturated carbocycles. The molecule has 0 N–H and O–H groups in total. The van der Waals surface area contributed by atoms with Gasteiger partial charge in [0, 0.05) is 9.50 Å². The van der Waals surface area contributed by atoms with Gasteiger partial charge in [-0.1, -0.05) is 88.2 Å². The van der Waals surface area contributed by atoms with Gasteiger partial charge in [0.1, 0.15) is 5.57 Å². The molecule has 1 aliphatic heterocycles. The van der Waals surface area contributed by atoms with Crippen LogP contribution in [0.15, 0.2) is 113 Å². The van der Waals surface area contributed by atoms with Gasteiger partial charge in [-0.2, -0.15) is 0 Å². The van der Waals surface area contributed by atoms with E-state index in [1.54, 1.807) is 72.8 Å². The minimum absolute atomic E-state index is 0.136. The van der Waals surface area contributed by atoms with E-state index in [1.807, 2.05) is 30.3 Å². The van der Waals surface area contributed by atoms with Crippen molar-refractivity contribution in [2.45, 2.75) is 6.42 Å². The fourth-order valence-electron chi connectivity index (χ4n) is 4.20. The molecule has 5 nitrogen and oxygen atoms in total. The molecule has 0 bridgehead atoms. The Labute approximate surface area is 227 Å². The molecule has 4 aromatic carbocycles. The van der Waals surface area contributed by atoms with Crippen LogP contribution in [0.3, 0.4) is 0 Å². The van der Waals surface area contributed by atoms with Crippen molar-refractivity contribution in [1.82, 2.24) is 0 Å². The number of barbiturate groups is 1. The van der Waals surface area contributed by atoms with E-state index in [4.69, 9.17) is 11.6 Å². The van der Waals surface area contributed by atoms with Crippen molar-refractivity contribution in [2.24, 2.45) is 0 Å². The average molecular weight is 572 g/mol. The van der Waals surface area contributed by atoms with Crippen LogP contribution in [0.5, 0.6) is 0 Å². The van der Waals surface area contributed by atoms with Gasteiger partial charge in [-0.05, 0) is 71.7 Å². The van der Waals surface area contributed by atoms with Crippen LogP contribution in [0, 0.1) is 0 Å². The second-order valence-electron chi connectivity index (χ2n) is 8.40. The Kier molecular flexibility index (Phi) is 7.04. The number of hydrogen-bond acceptors (Lipinski definition) is 3. The first-order chi connectivity index (χ1) is 17.9. The number of urea groups is 1. The molecule has 0 aromatic heterocycles. The summed E-state index contributed by atoms with van der Waals surface area (Å²) >= 11 is 9.91. The summed E-state index contributed by atoms with van der Waals surface area (Å²) in [7, 11) is 0. The number of benzene rings is 4. The molecule has 4 amide bonds. The molecule has 1 aliphatic rings. The Hall–Kier alpha value is -4.00. The van der Waals surface area contributed by atoms with E-state index in [1.165, 1.54) is 6.08 Å². The number of rotatable bonds is 5. The molecule has 0 atom stereocenters. The van der Waals surface area contributed by atoms with Crippen LogP contribution >= 0.6 is 27.5 Å². The maximum atomic E-state index is 13.7. The van der Waals surface area contributed by atoms with E-state index < -0.39 is 17.8 Å². The Morgan fingerprint density at radius 1 is 0.676 bits per heavy atom. The van der Waals surface area contributed by atoms with Crippen molar-refractivity contribution in [1.29, 1.82) is 0 Å². The van der Waals surface area contributed by atoms with Gasteiger partial charge in [-0.3, -0.25) is 9.59 Å². The monoisotopic (exact) mass is 570 g/mol. The average Bonchev–Trinajstić information content (AvgIpc) is 2.90. The van der Waals surface area contributed by atoms with Crippen molar-refractivity contribution in [2.75, 3.05) is 9.80 Å². The molecule has 182 valence electrons. The number of anilines is 2. The third-order valence-corrected chi connectivity index (χ3v) is 7.03. The summed E-state index contributed by atoms with van der Waals surface area (Å²) in [4.78, 5) is 42.9. The lowest BCUT2D eigenvalue weighted by Crippen LogP contribution is -2.57. The molecule has 0 aliphatic carbocycles. The minimum atomic E-state index is -0.732. The summed E-state index contributed by atoms with van der Waals surface area (Å²) in [6.45, 7) is 0. The van der Waals surface area contributed by atoms with Gasteiger partial charge in [0.2, 0.25) is 0 Å². The zero-order chi connectivity index (χ0) is 25.9. The Morgan fingerprint density at radius 3 is 1.78 bits per heavy atom. The van der Waals surface area contributed by atoms with Crippen LogP contribution in [0.25, 0.3) is 6.08 Å². The van der Waals surface area contributed by atoms with Gasteiger partial charge < -0.3 is 0 Å². The quantitative estimate of drug-likeness (QED) is 0.187. The van der Waals surface area contributed by atoms with E-state index >= 15 is 0 Å². The molecule has 0 spiro atoms. The van der Waals surface area contributed by atoms with Crippen molar-refractivity contribution >= 4 is 62.8 Å². The lowest BCUT2D eigenvalue weighted by Gasteiger charge is -2.34. The van der Waals surface area contributed by atoms with E-state index in [0.717, 1.165) is 25.4 Å². The number of para-hydroxylation sites is 2. The van der Waals surface area contributed by atoms with E-state index in [0.29, 0.717) is 28.4 Å². The SMILES string of the molecule is O=C1C(=Cc2cc(Cl)ccc2Cc2ccccc2Br)C(=O)N(c2ccccc2)C(=O)N1c1ccccc1. The standard InChI is InChI=1S/C30H20BrClN2O3/c31-27-14-8-7-9-21(27)17-20-15-16-23(32)18-22(20)19-26-28(35)33(24-10-3-1-4-11-24)30(37)34(29(26)36)25-12-5-2-6-13-25/h1-16,18-19H,17H2. The molecule has 1 saturated heterocycles. The number of nitrogens with zero attached hydrogens (tertiary/aromatic N) is 2. The molecule has 5 rings (SSSR count). The van der Waals surface area contributed by atoms with Crippen LogP contribution in [-0.2, 0) is 16.0 Å². The van der Waals surface area contributed by atoms with Gasteiger partial charge >= 0.3 is 6.03 Å². The van der Waals surface area contributed by atoms with Crippen molar-refractivity contribution in [3.63, 3.8) is 0 Å².